The predicted molar refractivity (Wildman–Crippen MR) is 104 cm³/mol. The van der Waals surface area contributed by atoms with Crippen LogP contribution in [0.5, 0.6) is 0 Å². The summed E-state index contributed by atoms with van der Waals surface area (Å²) in [7, 11) is -3.53. The monoisotopic (exact) mass is 381 g/mol. The number of benzene rings is 1. The van der Waals surface area contributed by atoms with Gasteiger partial charge in [0.25, 0.3) is 5.91 Å². The predicted octanol–water partition coefficient (Wildman–Crippen LogP) is 2.24. The maximum atomic E-state index is 12.8. The van der Waals surface area contributed by atoms with Gasteiger partial charge in [0.05, 0.1) is 4.90 Å². The highest BCUT2D eigenvalue weighted by Gasteiger charge is 2.27. The zero-order chi connectivity index (χ0) is 19.2. The second kappa shape index (κ2) is 9.48. The lowest BCUT2D eigenvalue weighted by molar-refractivity contribution is 0.0948. The minimum absolute atomic E-state index is 0.207. The number of nitrogens with one attached hydrogen (secondary N) is 1. The Labute approximate surface area is 157 Å². The van der Waals surface area contributed by atoms with Gasteiger partial charge in [-0.2, -0.15) is 4.31 Å². The van der Waals surface area contributed by atoms with Crippen LogP contribution in [0.2, 0.25) is 0 Å². The Morgan fingerprint density at radius 2 is 1.81 bits per heavy atom. The van der Waals surface area contributed by atoms with Gasteiger partial charge in [-0.05, 0) is 50.6 Å². The molecule has 2 rings (SSSR count). The van der Waals surface area contributed by atoms with Gasteiger partial charge in [0.1, 0.15) is 0 Å². The van der Waals surface area contributed by atoms with Crippen molar-refractivity contribution in [3.63, 3.8) is 0 Å². The molecule has 0 unspecified atom stereocenters. The van der Waals surface area contributed by atoms with Gasteiger partial charge in [0, 0.05) is 31.7 Å². The molecule has 0 aliphatic carbocycles. The van der Waals surface area contributed by atoms with E-state index in [1.165, 1.54) is 10.4 Å². The summed E-state index contributed by atoms with van der Waals surface area (Å²) in [4.78, 5) is 15.0. The molecule has 1 aliphatic rings. The van der Waals surface area contributed by atoms with Crippen LogP contribution in [0, 0.1) is 6.92 Å². The molecule has 0 atom stereocenters. The molecular formula is C19H31N3O3S. The van der Waals surface area contributed by atoms with E-state index < -0.39 is 10.0 Å². The van der Waals surface area contributed by atoms with Gasteiger partial charge in [-0.1, -0.05) is 26.3 Å². The van der Waals surface area contributed by atoms with Crippen LogP contribution in [0.25, 0.3) is 0 Å². The largest absolute Gasteiger partial charge is 0.351 e. The molecule has 0 aromatic heterocycles. The Hall–Kier alpha value is -1.44. The highest BCUT2D eigenvalue weighted by Crippen LogP contribution is 2.22. The molecule has 0 radical (unpaired) electrons. The number of aryl methyl sites for hydroxylation is 1. The Morgan fingerprint density at radius 3 is 2.42 bits per heavy atom. The number of carbonyl (C=O) groups excluding carboxylic acids is 1. The smallest absolute Gasteiger partial charge is 0.251 e. The molecule has 1 aliphatic heterocycles. The van der Waals surface area contributed by atoms with Gasteiger partial charge in [0.15, 0.2) is 0 Å². The molecule has 1 saturated heterocycles. The number of carbonyl (C=O) groups is 1. The minimum atomic E-state index is -3.53. The fourth-order valence-electron chi connectivity index (χ4n) is 3.22. The molecule has 0 spiro atoms. The van der Waals surface area contributed by atoms with Gasteiger partial charge >= 0.3 is 0 Å². The Morgan fingerprint density at radius 1 is 1.15 bits per heavy atom. The van der Waals surface area contributed by atoms with Crippen LogP contribution >= 0.6 is 0 Å². The third-order valence-corrected chi connectivity index (χ3v) is 6.91. The Balaban J connectivity index is 2.12. The average molecular weight is 382 g/mol. The van der Waals surface area contributed by atoms with Gasteiger partial charge < -0.3 is 10.2 Å². The first-order valence-electron chi connectivity index (χ1n) is 9.51. The number of hydrogen-bond acceptors (Lipinski definition) is 4. The Kier molecular flexibility index (Phi) is 7.61. The number of likely N-dealkylation sites (N-methyl/N-ethyl adjacent to an activating group) is 1. The van der Waals surface area contributed by atoms with E-state index in [1.807, 2.05) is 6.92 Å². The van der Waals surface area contributed by atoms with E-state index in [4.69, 9.17) is 0 Å². The van der Waals surface area contributed by atoms with Crippen LogP contribution in [0.15, 0.2) is 23.1 Å². The summed E-state index contributed by atoms with van der Waals surface area (Å²) in [6.45, 7) is 10.3. The second-order valence-electron chi connectivity index (χ2n) is 6.72. The second-order valence-corrected chi connectivity index (χ2v) is 8.66. The third kappa shape index (κ3) is 5.05. The lowest BCUT2D eigenvalue weighted by atomic mass is 10.1. The van der Waals surface area contributed by atoms with Crippen molar-refractivity contribution in [3.8, 4) is 0 Å². The average Bonchev–Trinajstić information content (AvgIpc) is 2.66. The van der Waals surface area contributed by atoms with E-state index in [1.54, 1.807) is 12.1 Å². The van der Waals surface area contributed by atoms with Gasteiger partial charge in [0.2, 0.25) is 10.0 Å². The lowest BCUT2D eigenvalue weighted by Crippen LogP contribution is -2.36. The first-order valence-corrected chi connectivity index (χ1v) is 11.0. The molecule has 26 heavy (non-hydrogen) atoms. The number of rotatable bonds is 8. The number of hydrogen-bond donors (Lipinski definition) is 1. The summed E-state index contributed by atoms with van der Waals surface area (Å²) in [5.41, 5.74) is 1.21. The first-order chi connectivity index (χ1) is 12.4. The van der Waals surface area contributed by atoms with Crippen molar-refractivity contribution < 1.29 is 13.2 Å². The van der Waals surface area contributed by atoms with Crippen molar-refractivity contribution in [2.75, 3.05) is 39.3 Å². The van der Waals surface area contributed by atoms with Gasteiger partial charge in [-0.25, -0.2) is 8.42 Å². The molecule has 1 N–H and O–H groups in total. The highest BCUT2D eigenvalue weighted by atomic mass is 32.2. The molecule has 1 amide bonds. The molecule has 0 bridgehead atoms. The first kappa shape index (κ1) is 20.9. The van der Waals surface area contributed by atoms with E-state index in [0.29, 0.717) is 25.2 Å². The van der Waals surface area contributed by atoms with E-state index >= 15 is 0 Å². The maximum Gasteiger partial charge on any atom is 0.251 e. The highest BCUT2D eigenvalue weighted by molar-refractivity contribution is 7.89. The summed E-state index contributed by atoms with van der Waals surface area (Å²) in [6.07, 6.45) is 2.85. The van der Waals surface area contributed by atoms with Crippen LogP contribution in [-0.2, 0) is 10.0 Å². The summed E-state index contributed by atoms with van der Waals surface area (Å²) in [5, 5.41) is 2.91. The lowest BCUT2D eigenvalue weighted by Gasteiger charge is -2.26. The number of piperidine rings is 1. The molecule has 1 fully saturated rings. The summed E-state index contributed by atoms with van der Waals surface area (Å²) >= 11 is 0. The number of sulfonamides is 1. The van der Waals surface area contributed by atoms with E-state index in [2.05, 4.69) is 24.1 Å². The molecule has 7 heteroatoms. The van der Waals surface area contributed by atoms with Crippen LogP contribution in [0.4, 0.5) is 0 Å². The van der Waals surface area contributed by atoms with Crippen molar-refractivity contribution in [1.82, 2.24) is 14.5 Å². The van der Waals surface area contributed by atoms with Gasteiger partial charge in [-0.3, -0.25) is 4.79 Å². The normalized spacial score (nSPS) is 16.0. The van der Waals surface area contributed by atoms with Crippen molar-refractivity contribution in [2.45, 2.75) is 44.9 Å². The van der Waals surface area contributed by atoms with E-state index in [9.17, 15) is 13.2 Å². The zero-order valence-electron chi connectivity index (χ0n) is 16.1. The van der Waals surface area contributed by atoms with Crippen molar-refractivity contribution >= 4 is 15.9 Å². The quantitative estimate of drug-likeness (QED) is 0.750. The topological polar surface area (TPSA) is 69.7 Å². The number of nitrogens with zero attached hydrogens (tertiary/aromatic N) is 2. The zero-order valence-corrected chi connectivity index (χ0v) is 16.9. The van der Waals surface area contributed by atoms with Crippen LogP contribution in [0.1, 0.15) is 49.0 Å². The fourth-order valence-corrected chi connectivity index (χ4v) is 4.77. The van der Waals surface area contributed by atoms with Crippen LogP contribution < -0.4 is 5.32 Å². The Bertz CT molecular complexity index is 709. The molecule has 6 nitrogen and oxygen atoms in total. The summed E-state index contributed by atoms with van der Waals surface area (Å²) in [5.74, 6) is -0.217. The molecule has 1 aromatic rings. The molecule has 0 saturated carbocycles. The van der Waals surface area contributed by atoms with Crippen molar-refractivity contribution in [1.29, 1.82) is 0 Å². The van der Waals surface area contributed by atoms with E-state index in [-0.39, 0.29) is 10.8 Å². The summed E-state index contributed by atoms with van der Waals surface area (Å²) in [6, 6.07) is 4.84. The summed E-state index contributed by atoms with van der Waals surface area (Å²) < 4.78 is 27.2. The fraction of sp³-hybridized carbons (Fsp3) is 0.632. The molecule has 1 aromatic carbocycles. The number of amides is 1. The van der Waals surface area contributed by atoms with Crippen molar-refractivity contribution in [2.24, 2.45) is 0 Å². The molecule has 1 heterocycles. The van der Waals surface area contributed by atoms with Gasteiger partial charge in [-0.15, -0.1) is 0 Å². The molecule has 146 valence electrons. The van der Waals surface area contributed by atoms with Crippen molar-refractivity contribution in [3.05, 3.63) is 29.3 Å². The minimum Gasteiger partial charge on any atom is -0.351 e. The molecular weight excluding hydrogens is 350 g/mol. The maximum absolute atomic E-state index is 12.8. The standard InChI is InChI=1S/C19H31N3O3S/c1-4-21(5-2)14-11-20-19(23)18-15-17(10-9-16(18)3)26(24,25)22-12-7-6-8-13-22/h9-10,15H,4-8,11-14H2,1-3H3,(H,20,23). The van der Waals surface area contributed by atoms with E-state index in [0.717, 1.165) is 44.5 Å². The van der Waals surface area contributed by atoms with Crippen LogP contribution in [0.3, 0.4) is 0 Å². The third-order valence-electron chi connectivity index (χ3n) is 5.01. The SMILES string of the molecule is CCN(CC)CCNC(=O)c1cc(S(=O)(=O)N2CCCCC2)ccc1C. The van der Waals surface area contributed by atoms with Crippen LogP contribution in [-0.4, -0.2) is 62.8 Å².